The SMILES string of the molecule is CCc1nc2ccc(C3CCN(S(C)(=O)=O)CC3)cn2c1-c1ccc(-c2nc(-c3ccc(F)cc3)c(C(N)=O)s2)c(F)c1C. The largest absolute Gasteiger partial charge is 0.365 e. The normalized spacial score (nSPS) is 14.8. The minimum Gasteiger partial charge on any atom is -0.365 e. The van der Waals surface area contributed by atoms with E-state index < -0.39 is 27.6 Å². The van der Waals surface area contributed by atoms with Crippen molar-refractivity contribution in [2.24, 2.45) is 5.73 Å². The zero-order chi connectivity index (χ0) is 31.3. The number of hydrogen-bond acceptors (Lipinski definition) is 6. The smallest absolute Gasteiger partial charge is 0.261 e. The molecule has 2 aromatic carbocycles. The van der Waals surface area contributed by atoms with Crippen molar-refractivity contribution in [2.75, 3.05) is 19.3 Å². The van der Waals surface area contributed by atoms with Crippen LogP contribution in [0.25, 0.3) is 38.7 Å². The molecule has 8 nitrogen and oxygen atoms in total. The molecule has 2 N–H and O–H groups in total. The highest BCUT2D eigenvalue weighted by molar-refractivity contribution is 7.88. The number of sulfonamides is 1. The molecule has 0 atom stereocenters. The van der Waals surface area contributed by atoms with E-state index in [1.807, 2.05) is 35.7 Å². The van der Waals surface area contributed by atoms with E-state index in [1.165, 1.54) is 34.8 Å². The van der Waals surface area contributed by atoms with Gasteiger partial charge in [-0.25, -0.2) is 31.5 Å². The molecule has 1 amide bonds. The Bertz CT molecular complexity index is 2010. The number of thiazole rings is 1. The van der Waals surface area contributed by atoms with Crippen molar-refractivity contribution in [3.8, 4) is 33.1 Å². The molecule has 0 unspecified atom stereocenters. The van der Waals surface area contributed by atoms with Crippen molar-refractivity contribution in [1.29, 1.82) is 0 Å². The summed E-state index contributed by atoms with van der Waals surface area (Å²) >= 11 is 0.997. The van der Waals surface area contributed by atoms with Gasteiger partial charge in [-0.1, -0.05) is 19.1 Å². The lowest BCUT2D eigenvalue weighted by atomic mass is 9.91. The van der Waals surface area contributed by atoms with E-state index in [9.17, 15) is 17.6 Å². The van der Waals surface area contributed by atoms with Crippen LogP contribution >= 0.6 is 11.3 Å². The number of piperidine rings is 1. The summed E-state index contributed by atoms with van der Waals surface area (Å²) < 4.78 is 57.2. The van der Waals surface area contributed by atoms with Gasteiger partial charge < -0.3 is 5.73 Å². The Kier molecular flexibility index (Phi) is 7.85. The molecule has 0 spiro atoms. The van der Waals surface area contributed by atoms with Gasteiger partial charge in [-0.15, -0.1) is 11.3 Å². The van der Waals surface area contributed by atoms with Crippen molar-refractivity contribution in [3.63, 3.8) is 0 Å². The maximum absolute atomic E-state index is 16.2. The van der Waals surface area contributed by atoms with Gasteiger partial charge in [-0.3, -0.25) is 9.20 Å². The van der Waals surface area contributed by atoms with E-state index in [2.05, 4.69) is 4.98 Å². The van der Waals surface area contributed by atoms with E-state index in [0.29, 0.717) is 54.0 Å². The van der Waals surface area contributed by atoms with Gasteiger partial charge in [0.2, 0.25) is 10.0 Å². The van der Waals surface area contributed by atoms with E-state index >= 15 is 4.39 Å². The number of rotatable bonds is 7. The van der Waals surface area contributed by atoms with E-state index in [4.69, 9.17) is 10.7 Å². The lowest BCUT2D eigenvalue weighted by molar-refractivity contribution is 0.100. The van der Waals surface area contributed by atoms with Crippen molar-refractivity contribution in [2.45, 2.75) is 39.0 Å². The summed E-state index contributed by atoms with van der Waals surface area (Å²) in [4.78, 5) is 21.8. The Balaban J connectivity index is 1.40. The summed E-state index contributed by atoms with van der Waals surface area (Å²) in [6, 6.07) is 13.0. The van der Waals surface area contributed by atoms with Crippen molar-refractivity contribution >= 4 is 32.9 Å². The van der Waals surface area contributed by atoms with Crippen LogP contribution in [-0.4, -0.2) is 52.3 Å². The highest BCUT2D eigenvalue weighted by Gasteiger charge is 2.27. The Hall–Kier alpha value is -4.00. The van der Waals surface area contributed by atoms with Crippen LogP contribution in [0.5, 0.6) is 0 Å². The zero-order valence-electron chi connectivity index (χ0n) is 24.5. The third-order valence-electron chi connectivity index (χ3n) is 8.28. The number of hydrogen-bond donors (Lipinski definition) is 1. The number of imidazole rings is 1. The van der Waals surface area contributed by atoms with Crippen LogP contribution in [0.4, 0.5) is 8.78 Å². The van der Waals surface area contributed by atoms with Gasteiger partial charge in [0.15, 0.2) is 0 Å². The molecule has 44 heavy (non-hydrogen) atoms. The molecular weight excluding hydrogens is 605 g/mol. The maximum atomic E-state index is 16.2. The molecule has 0 aliphatic carbocycles. The van der Waals surface area contributed by atoms with Gasteiger partial charge >= 0.3 is 0 Å². The van der Waals surface area contributed by atoms with E-state index in [0.717, 1.165) is 33.9 Å². The molecule has 228 valence electrons. The molecule has 3 aromatic heterocycles. The number of benzene rings is 2. The number of aromatic nitrogens is 3. The fourth-order valence-corrected chi connectivity index (χ4v) is 7.75. The molecular formula is C32H31F2N5O3S2. The van der Waals surface area contributed by atoms with Gasteiger partial charge in [0.25, 0.3) is 5.91 Å². The summed E-state index contributed by atoms with van der Waals surface area (Å²) in [5.74, 6) is -1.40. The number of amides is 1. The molecule has 5 aromatic rings. The molecule has 1 aliphatic rings. The lowest BCUT2D eigenvalue weighted by Crippen LogP contribution is -2.37. The standard InChI is InChI=1S/C32H31F2N5O3S2/c1-4-25-29(39-17-21(7-12-26(39)36-25)19-13-15-38(16-14-19)44(3,41)42)23-10-11-24(27(34)18(23)2)32-37-28(30(43-32)31(35)40)20-5-8-22(33)9-6-20/h5-12,17,19H,4,13-16H2,1-3H3,(H2,35,40). The summed E-state index contributed by atoms with van der Waals surface area (Å²) in [5, 5.41) is 0.293. The second-order valence-corrected chi connectivity index (χ2v) is 14.0. The van der Waals surface area contributed by atoms with Crippen LogP contribution in [-0.2, 0) is 16.4 Å². The summed E-state index contributed by atoms with van der Waals surface area (Å²) in [7, 11) is -3.22. The summed E-state index contributed by atoms with van der Waals surface area (Å²) in [6.07, 6.45) is 5.35. The Labute approximate surface area is 258 Å². The number of halogens is 2. The molecule has 6 rings (SSSR count). The predicted octanol–water partition coefficient (Wildman–Crippen LogP) is 6.18. The van der Waals surface area contributed by atoms with Crippen molar-refractivity contribution < 1.29 is 22.0 Å². The first kappa shape index (κ1) is 30.0. The molecule has 12 heteroatoms. The number of nitrogens with zero attached hydrogens (tertiary/aromatic N) is 4. The fourth-order valence-electron chi connectivity index (χ4n) is 5.92. The monoisotopic (exact) mass is 635 g/mol. The molecule has 0 radical (unpaired) electrons. The number of pyridine rings is 1. The minimum absolute atomic E-state index is 0.165. The quantitative estimate of drug-likeness (QED) is 0.230. The maximum Gasteiger partial charge on any atom is 0.261 e. The van der Waals surface area contributed by atoms with Gasteiger partial charge in [-0.05, 0) is 79.6 Å². The number of nitrogens with two attached hydrogens (primary N) is 1. The second-order valence-electron chi connectivity index (χ2n) is 11.1. The second kappa shape index (κ2) is 11.5. The molecule has 1 aliphatic heterocycles. The van der Waals surface area contributed by atoms with Crippen LogP contribution in [0.15, 0.2) is 54.7 Å². The Morgan fingerprint density at radius 3 is 2.34 bits per heavy atom. The number of primary amides is 1. The fraction of sp³-hybridized carbons (Fsp3) is 0.281. The molecule has 0 saturated carbocycles. The third-order valence-corrected chi connectivity index (χ3v) is 10.7. The number of carbonyl (C=O) groups excluding carboxylic acids is 1. The van der Waals surface area contributed by atoms with Gasteiger partial charge in [0.05, 0.1) is 23.3 Å². The minimum atomic E-state index is -3.22. The average Bonchev–Trinajstić information content (AvgIpc) is 3.60. The molecule has 1 saturated heterocycles. The lowest BCUT2D eigenvalue weighted by Gasteiger charge is -2.30. The van der Waals surface area contributed by atoms with Crippen LogP contribution in [0, 0.1) is 18.6 Å². The highest BCUT2D eigenvalue weighted by atomic mass is 32.2. The van der Waals surface area contributed by atoms with E-state index in [-0.39, 0.29) is 22.1 Å². The zero-order valence-corrected chi connectivity index (χ0v) is 26.1. The number of fused-ring (bicyclic) bond motifs is 1. The van der Waals surface area contributed by atoms with Crippen LogP contribution in [0.1, 0.15) is 52.2 Å². The summed E-state index contributed by atoms with van der Waals surface area (Å²) in [6.45, 7) is 4.66. The predicted molar refractivity (Wildman–Crippen MR) is 168 cm³/mol. The topological polar surface area (TPSA) is 111 Å². The first-order chi connectivity index (χ1) is 21.0. The average molecular weight is 636 g/mol. The van der Waals surface area contributed by atoms with E-state index in [1.54, 1.807) is 13.0 Å². The molecule has 1 fully saturated rings. The molecule has 4 heterocycles. The van der Waals surface area contributed by atoms with Gasteiger partial charge in [0, 0.05) is 36.0 Å². The molecule has 0 bridgehead atoms. The van der Waals surface area contributed by atoms with Crippen molar-refractivity contribution in [1.82, 2.24) is 18.7 Å². The van der Waals surface area contributed by atoms with Crippen molar-refractivity contribution in [3.05, 3.63) is 88.1 Å². The van der Waals surface area contributed by atoms with Crippen LogP contribution in [0.2, 0.25) is 0 Å². The number of aryl methyl sites for hydroxylation is 1. The summed E-state index contributed by atoms with van der Waals surface area (Å²) in [5.41, 5.74) is 11.2. The third kappa shape index (κ3) is 5.42. The first-order valence-corrected chi connectivity index (χ1v) is 16.9. The van der Waals surface area contributed by atoms with Gasteiger partial charge in [-0.2, -0.15) is 0 Å². The first-order valence-electron chi connectivity index (χ1n) is 14.3. The van der Waals surface area contributed by atoms with Crippen LogP contribution < -0.4 is 5.73 Å². The number of carbonyl (C=O) groups is 1. The highest BCUT2D eigenvalue weighted by Crippen LogP contribution is 2.39. The van der Waals surface area contributed by atoms with Gasteiger partial charge in [0.1, 0.15) is 27.2 Å². The Morgan fingerprint density at radius 1 is 1.02 bits per heavy atom. The van der Waals surface area contributed by atoms with Crippen LogP contribution in [0.3, 0.4) is 0 Å². The Morgan fingerprint density at radius 2 is 1.70 bits per heavy atom.